The number of methoxy groups -OCH3 is 1. The molecule has 0 N–H and O–H groups in total. The number of aromatic nitrogens is 1. The van der Waals surface area contributed by atoms with Crippen LogP contribution in [0.2, 0.25) is 5.02 Å². The van der Waals surface area contributed by atoms with Crippen LogP contribution in [0.5, 0.6) is 0 Å². The highest BCUT2D eigenvalue weighted by Crippen LogP contribution is 2.25. The van der Waals surface area contributed by atoms with Gasteiger partial charge >= 0.3 is 0 Å². The Morgan fingerprint density at radius 1 is 1.50 bits per heavy atom. The highest BCUT2D eigenvalue weighted by Gasteiger charge is 2.10. The number of para-hydroxylation sites is 1. The first-order chi connectivity index (χ1) is 9.67. The molecule has 6 heteroatoms. The Kier molecular flexibility index (Phi) is 5.34. The maximum atomic E-state index is 11.8. The molecule has 20 heavy (non-hydrogen) atoms. The van der Waals surface area contributed by atoms with Crippen LogP contribution in [0.15, 0.2) is 23.2 Å². The summed E-state index contributed by atoms with van der Waals surface area (Å²) in [7, 11) is 1.65. The van der Waals surface area contributed by atoms with Crippen LogP contribution < -0.4 is 4.80 Å². The van der Waals surface area contributed by atoms with Crippen LogP contribution in [0.3, 0.4) is 0 Å². The minimum absolute atomic E-state index is 0.0960. The first kappa shape index (κ1) is 15.2. The van der Waals surface area contributed by atoms with Gasteiger partial charge in [-0.05, 0) is 18.6 Å². The Bertz CT molecular complexity index is 675. The van der Waals surface area contributed by atoms with Gasteiger partial charge in [-0.1, -0.05) is 35.9 Å². The zero-order valence-corrected chi connectivity index (χ0v) is 13.1. The van der Waals surface area contributed by atoms with E-state index in [0.29, 0.717) is 29.4 Å². The molecule has 0 radical (unpaired) electrons. The van der Waals surface area contributed by atoms with Crippen molar-refractivity contribution in [3.8, 4) is 0 Å². The van der Waals surface area contributed by atoms with Gasteiger partial charge in [0.2, 0.25) is 5.91 Å². The molecule has 0 saturated heterocycles. The summed E-state index contributed by atoms with van der Waals surface area (Å²) in [6.45, 7) is 3.14. The Morgan fingerprint density at radius 2 is 2.30 bits per heavy atom. The molecule has 108 valence electrons. The molecular weight excluding hydrogens is 296 g/mol. The summed E-state index contributed by atoms with van der Waals surface area (Å²) < 4.78 is 8.11. The van der Waals surface area contributed by atoms with Gasteiger partial charge in [-0.25, -0.2) is 0 Å². The number of amides is 1. The van der Waals surface area contributed by atoms with Crippen LogP contribution >= 0.6 is 22.9 Å². The van der Waals surface area contributed by atoms with Crippen molar-refractivity contribution >= 4 is 39.1 Å². The van der Waals surface area contributed by atoms with Gasteiger partial charge in [0.1, 0.15) is 0 Å². The second kappa shape index (κ2) is 7.02. The molecule has 2 rings (SSSR count). The molecule has 0 atom stereocenters. The maximum absolute atomic E-state index is 11.8. The van der Waals surface area contributed by atoms with Crippen LogP contribution in [0.25, 0.3) is 10.2 Å². The van der Waals surface area contributed by atoms with E-state index in [1.54, 1.807) is 7.11 Å². The summed E-state index contributed by atoms with van der Waals surface area (Å²) in [4.78, 5) is 16.7. The topological polar surface area (TPSA) is 43.6 Å². The number of carbonyl (C=O) groups is 1. The number of ether oxygens (including phenoxy) is 1. The molecule has 4 nitrogen and oxygen atoms in total. The fraction of sp³-hybridized carbons (Fsp3) is 0.429. The van der Waals surface area contributed by atoms with E-state index >= 15 is 0 Å². The highest BCUT2D eigenvalue weighted by atomic mass is 35.5. The van der Waals surface area contributed by atoms with Crippen LogP contribution in [0.1, 0.15) is 19.8 Å². The first-order valence-corrected chi connectivity index (χ1v) is 7.71. The Balaban J connectivity index is 2.58. The quantitative estimate of drug-likeness (QED) is 0.850. The van der Waals surface area contributed by atoms with Crippen molar-refractivity contribution in [3.05, 3.63) is 28.0 Å². The number of fused-ring (bicyclic) bond motifs is 1. The van der Waals surface area contributed by atoms with Crippen molar-refractivity contribution in [2.24, 2.45) is 4.99 Å². The average molecular weight is 313 g/mol. The summed E-state index contributed by atoms with van der Waals surface area (Å²) in [6.07, 6.45) is 1.26. The van der Waals surface area contributed by atoms with E-state index in [9.17, 15) is 4.79 Å². The van der Waals surface area contributed by atoms with Gasteiger partial charge in [0.05, 0.1) is 21.8 Å². The van der Waals surface area contributed by atoms with E-state index in [2.05, 4.69) is 4.99 Å². The lowest BCUT2D eigenvalue weighted by Crippen LogP contribution is -2.19. The molecule has 0 aliphatic rings. The molecule has 1 heterocycles. The number of thiazole rings is 1. The molecule has 0 fully saturated rings. The molecule has 0 saturated carbocycles. The van der Waals surface area contributed by atoms with Crippen LogP contribution in [0.4, 0.5) is 0 Å². The molecule has 1 aromatic carbocycles. The van der Waals surface area contributed by atoms with Gasteiger partial charge in [-0.2, -0.15) is 4.99 Å². The van der Waals surface area contributed by atoms with Gasteiger partial charge in [0, 0.05) is 20.1 Å². The number of benzene rings is 1. The van der Waals surface area contributed by atoms with E-state index < -0.39 is 0 Å². The third-order valence-corrected chi connectivity index (χ3v) is 4.20. The molecule has 0 unspecified atom stereocenters. The predicted octanol–water partition coefficient (Wildman–Crippen LogP) is 3.23. The fourth-order valence-corrected chi connectivity index (χ4v) is 3.37. The minimum Gasteiger partial charge on any atom is -0.383 e. The number of hydrogen-bond donors (Lipinski definition) is 0. The standard InChI is InChI=1S/C14H17ClN2O2S/c1-3-5-12(18)16-14-17(8-9-19-2)13-10(15)6-4-7-11(13)20-14/h4,6-7H,3,5,8-9H2,1-2H3. The maximum Gasteiger partial charge on any atom is 0.248 e. The van der Waals surface area contributed by atoms with Crippen molar-refractivity contribution in [3.63, 3.8) is 0 Å². The molecule has 0 aliphatic heterocycles. The van der Waals surface area contributed by atoms with E-state index in [1.807, 2.05) is 29.7 Å². The van der Waals surface area contributed by atoms with E-state index in [1.165, 1.54) is 11.3 Å². The van der Waals surface area contributed by atoms with Gasteiger partial charge in [-0.3, -0.25) is 4.79 Å². The smallest absolute Gasteiger partial charge is 0.248 e. The van der Waals surface area contributed by atoms with E-state index in [0.717, 1.165) is 16.6 Å². The third-order valence-electron chi connectivity index (χ3n) is 2.86. The number of halogens is 1. The van der Waals surface area contributed by atoms with Gasteiger partial charge in [0.25, 0.3) is 0 Å². The van der Waals surface area contributed by atoms with Gasteiger partial charge in [-0.15, -0.1) is 0 Å². The second-order valence-corrected chi connectivity index (χ2v) is 5.79. The van der Waals surface area contributed by atoms with Crippen LogP contribution in [-0.2, 0) is 16.1 Å². The zero-order chi connectivity index (χ0) is 14.5. The number of carbonyl (C=O) groups excluding carboxylic acids is 1. The average Bonchev–Trinajstić information content (AvgIpc) is 2.75. The number of nitrogens with zero attached hydrogens (tertiary/aromatic N) is 2. The number of rotatable bonds is 5. The van der Waals surface area contributed by atoms with Gasteiger partial charge < -0.3 is 9.30 Å². The summed E-state index contributed by atoms with van der Waals surface area (Å²) in [6, 6.07) is 5.73. The Labute approximate surface area is 126 Å². The monoisotopic (exact) mass is 312 g/mol. The van der Waals surface area contributed by atoms with Crippen molar-refractivity contribution < 1.29 is 9.53 Å². The summed E-state index contributed by atoms with van der Waals surface area (Å²) >= 11 is 7.75. The number of hydrogen-bond acceptors (Lipinski definition) is 3. The van der Waals surface area contributed by atoms with Crippen molar-refractivity contribution in [1.82, 2.24) is 4.57 Å². The molecular formula is C14H17ClN2O2S. The normalized spacial score (nSPS) is 12.2. The van der Waals surface area contributed by atoms with Crippen LogP contribution in [0, 0.1) is 0 Å². The lowest BCUT2D eigenvalue weighted by Gasteiger charge is -2.05. The lowest BCUT2D eigenvalue weighted by atomic mass is 10.3. The fourth-order valence-electron chi connectivity index (χ4n) is 1.94. The van der Waals surface area contributed by atoms with Crippen molar-refractivity contribution in [2.45, 2.75) is 26.3 Å². The molecule has 0 bridgehead atoms. The minimum atomic E-state index is -0.0960. The lowest BCUT2D eigenvalue weighted by molar-refractivity contribution is -0.118. The summed E-state index contributed by atoms with van der Waals surface area (Å²) in [5.74, 6) is -0.0960. The molecule has 2 aromatic rings. The summed E-state index contributed by atoms with van der Waals surface area (Å²) in [5.41, 5.74) is 0.916. The van der Waals surface area contributed by atoms with E-state index in [4.69, 9.17) is 16.3 Å². The van der Waals surface area contributed by atoms with Crippen molar-refractivity contribution in [2.75, 3.05) is 13.7 Å². The largest absolute Gasteiger partial charge is 0.383 e. The van der Waals surface area contributed by atoms with Gasteiger partial charge in [0.15, 0.2) is 4.80 Å². The van der Waals surface area contributed by atoms with Crippen molar-refractivity contribution in [1.29, 1.82) is 0 Å². The Morgan fingerprint density at radius 3 is 3.00 bits per heavy atom. The first-order valence-electron chi connectivity index (χ1n) is 6.51. The van der Waals surface area contributed by atoms with Crippen LogP contribution in [-0.4, -0.2) is 24.2 Å². The van der Waals surface area contributed by atoms with E-state index in [-0.39, 0.29) is 5.91 Å². The highest BCUT2D eigenvalue weighted by molar-refractivity contribution is 7.16. The second-order valence-electron chi connectivity index (χ2n) is 4.37. The molecule has 0 aliphatic carbocycles. The summed E-state index contributed by atoms with van der Waals surface area (Å²) in [5, 5.41) is 0.666. The third kappa shape index (κ3) is 3.29. The predicted molar refractivity (Wildman–Crippen MR) is 82.2 cm³/mol. The Hall–Kier alpha value is -1.17. The molecule has 1 amide bonds. The molecule has 0 spiro atoms. The molecule has 1 aromatic heterocycles. The SMILES string of the molecule is CCCC(=O)N=c1sc2cccc(Cl)c2n1CCOC. The zero-order valence-electron chi connectivity index (χ0n) is 11.6.